The van der Waals surface area contributed by atoms with E-state index in [9.17, 15) is 4.79 Å². The first kappa shape index (κ1) is 12.8. The molecule has 1 rings (SSSR count). The van der Waals surface area contributed by atoms with E-state index >= 15 is 0 Å². The lowest BCUT2D eigenvalue weighted by molar-refractivity contribution is -0.142. The van der Waals surface area contributed by atoms with Crippen molar-refractivity contribution in [2.75, 3.05) is 6.61 Å². The van der Waals surface area contributed by atoms with Crippen molar-refractivity contribution in [3.8, 4) is 0 Å². The molecule has 0 unspecified atom stereocenters. The van der Waals surface area contributed by atoms with Crippen LogP contribution >= 0.6 is 23.2 Å². The summed E-state index contributed by atoms with van der Waals surface area (Å²) in [5.41, 5.74) is 1.08. The maximum Gasteiger partial charge on any atom is 0.344 e. The molecule has 0 amide bonds. The van der Waals surface area contributed by atoms with E-state index in [2.05, 4.69) is 9.99 Å². The average Bonchev–Trinajstić information content (AvgIpc) is 2.21. The number of rotatable bonds is 4. The Kier molecular flexibility index (Phi) is 4.58. The van der Waals surface area contributed by atoms with Crippen molar-refractivity contribution >= 4 is 34.9 Å². The third-order valence-corrected chi connectivity index (χ3v) is 2.55. The van der Waals surface area contributed by atoms with Gasteiger partial charge in [0.25, 0.3) is 0 Å². The van der Waals surface area contributed by atoms with Crippen LogP contribution in [0, 0.1) is 0 Å². The molecule has 86 valence electrons. The number of hydrogen-bond donors (Lipinski definition) is 1. The minimum absolute atomic E-state index is 0.365. The molecule has 0 saturated heterocycles. The summed E-state index contributed by atoms with van der Waals surface area (Å²) >= 11 is 11.8. The highest BCUT2D eigenvalue weighted by Crippen LogP contribution is 2.25. The van der Waals surface area contributed by atoms with Crippen LogP contribution in [0.4, 0.5) is 0 Å². The summed E-state index contributed by atoms with van der Waals surface area (Å²) in [5.74, 6) is -1.09. The van der Waals surface area contributed by atoms with Crippen molar-refractivity contribution in [3.63, 3.8) is 0 Å². The summed E-state index contributed by atoms with van der Waals surface area (Å²) in [5, 5.41) is 12.8. The Bertz CT molecular complexity index is 432. The van der Waals surface area contributed by atoms with Gasteiger partial charge < -0.3 is 9.94 Å². The zero-order valence-corrected chi connectivity index (χ0v) is 9.92. The number of carboxylic acids is 1. The van der Waals surface area contributed by atoms with Crippen LogP contribution in [-0.2, 0) is 9.63 Å². The third-order valence-electron chi connectivity index (χ3n) is 1.73. The number of benzene rings is 1. The standard InChI is InChI=1S/C10H9Cl2NO3/c1-6(13-16-5-9(14)15)7-3-2-4-8(11)10(7)12/h2-4H,5H2,1H3,(H,14,15)/b13-6-. The van der Waals surface area contributed by atoms with Crippen LogP contribution in [0.15, 0.2) is 23.4 Å². The Labute approximate surface area is 102 Å². The second kappa shape index (κ2) is 5.72. The molecule has 1 N–H and O–H groups in total. The second-order valence-corrected chi connectivity index (χ2v) is 3.73. The first-order valence-corrected chi connectivity index (χ1v) is 5.10. The number of oxime groups is 1. The second-order valence-electron chi connectivity index (χ2n) is 2.95. The zero-order valence-electron chi connectivity index (χ0n) is 8.41. The predicted molar refractivity (Wildman–Crippen MR) is 62.3 cm³/mol. The van der Waals surface area contributed by atoms with E-state index in [4.69, 9.17) is 28.3 Å². The summed E-state index contributed by atoms with van der Waals surface area (Å²) in [6, 6.07) is 5.09. The van der Waals surface area contributed by atoms with Gasteiger partial charge in [0, 0.05) is 5.56 Å². The van der Waals surface area contributed by atoms with E-state index in [-0.39, 0.29) is 0 Å². The highest BCUT2D eigenvalue weighted by molar-refractivity contribution is 6.44. The summed E-state index contributed by atoms with van der Waals surface area (Å²) in [6.45, 7) is 1.16. The lowest BCUT2D eigenvalue weighted by Crippen LogP contribution is -2.05. The number of hydrogen-bond acceptors (Lipinski definition) is 3. The fourth-order valence-electron chi connectivity index (χ4n) is 1.02. The van der Waals surface area contributed by atoms with E-state index in [0.29, 0.717) is 21.3 Å². The molecule has 0 aromatic heterocycles. The molecule has 0 heterocycles. The van der Waals surface area contributed by atoms with E-state index in [1.807, 2.05) is 0 Å². The molecule has 1 aromatic rings. The van der Waals surface area contributed by atoms with Gasteiger partial charge >= 0.3 is 5.97 Å². The fourth-order valence-corrected chi connectivity index (χ4v) is 1.45. The molecule has 0 atom stereocenters. The summed E-state index contributed by atoms with van der Waals surface area (Å²) in [7, 11) is 0. The van der Waals surface area contributed by atoms with Crippen LogP contribution in [0.1, 0.15) is 12.5 Å². The first-order valence-electron chi connectivity index (χ1n) is 4.35. The van der Waals surface area contributed by atoms with Gasteiger partial charge in [-0.1, -0.05) is 40.5 Å². The average molecular weight is 262 g/mol. The molecule has 4 nitrogen and oxygen atoms in total. The van der Waals surface area contributed by atoms with E-state index in [0.717, 1.165) is 0 Å². The molecule has 0 aliphatic carbocycles. The number of halogens is 2. The molecule has 1 aromatic carbocycles. The Morgan fingerprint density at radius 1 is 1.50 bits per heavy atom. The zero-order chi connectivity index (χ0) is 12.1. The Morgan fingerprint density at radius 2 is 2.19 bits per heavy atom. The van der Waals surface area contributed by atoms with Gasteiger partial charge in [0.2, 0.25) is 6.61 Å². The van der Waals surface area contributed by atoms with Gasteiger partial charge in [-0.15, -0.1) is 0 Å². The molecular weight excluding hydrogens is 253 g/mol. The fraction of sp³-hybridized carbons (Fsp3) is 0.200. The molecular formula is C10H9Cl2NO3. The van der Waals surface area contributed by atoms with Crippen LogP contribution in [0.3, 0.4) is 0 Å². The van der Waals surface area contributed by atoms with Crippen LogP contribution in [0.2, 0.25) is 10.0 Å². The van der Waals surface area contributed by atoms with Crippen molar-refractivity contribution in [1.82, 2.24) is 0 Å². The largest absolute Gasteiger partial charge is 0.479 e. The topological polar surface area (TPSA) is 58.9 Å². The Hall–Kier alpha value is -1.26. The van der Waals surface area contributed by atoms with Crippen LogP contribution < -0.4 is 0 Å². The third kappa shape index (κ3) is 3.40. The molecule has 0 aliphatic heterocycles. The minimum Gasteiger partial charge on any atom is -0.479 e. The Balaban J connectivity index is 2.83. The molecule has 0 spiro atoms. The highest BCUT2D eigenvalue weighted by atomic mass is 35.5. The van der Waals surface area contributed by atoms with Gasteiger partial charge in [-0.2, -0.15) is 0 Å². The van der Waals surface area contributed by atoms with Gasteiger partial charge in [-0.25, -0.2) is 4.79 Å². The summed E-state index contributed by atoms with van der Waals surface area (Å²) in [6.07, 6.45) is 0. The smallest absolute Gasteiger partial charge is 0.344 e. The minimum atomic E-state index is -1.09. The molecule has 6 heteroatoms. The number of aliphatic carboxylic acids is 1. The molecule has 0 bridgehead atoms. The maximum absolute atomic E-state index is 10.2. The quantitative estimate of drug-likeness (QED) is 0.670. The number of carboxylic acid groups (broad SMARTS) is 1. The normalized spacial score (nSPS) is 11.3. The molecule has 0 fully saturated rings. The molecule has 16 heavy (non-hydrogen) atoms. The van der Waals surface area contributed by atoms with E-state index < -0.39 is 12.6 Å². The van der Waals surface area contributed by atoms with Gasteiger partial charge in [-0.3, -0.25) is 0 Å². The van der Waals surface area contributed by atoms with Crippen molar-refractivity contribution < 1.29 is 14.7 Å². The number of nitrogens with zero attached hydrogens (tertiary/aromatic N) is 1. The summed E-state index contributed by atoms with van der Waals surface area (Å²) in [4.78, 5) is 14.8. The van der Waals surface area contributed by atoms with Crippen molar-refractivity contribution in [3.05, 3.63) is 33.8 Å². The SMILES string of the molecule is C/C(=N/OCC(=O)O)c1cccc(Cl)c1Cl. The number of carbonyl (C=O) groups is 1. The summed E-state index contributed by atoms with van der Waals surface area (Å²) < 4.78 is 0. The lowest BCUT2D eigenvalue weighted by Gasteiger charge is -2.04. The van der Waals surface area contributed by atoms with Gasteiger partial charge in [0.15, 0.2) is 0 Å². The van der Waals surface area contributed by atoms with Gasteiger partial charge in [-0.05, 0) is 13.0 Å². The van der Waals surface area contributed by atoms with Crippen LogP contribution in [0.5, 0.6) is 0 Å². The van der Waals surface area contributed by atoms with Crippen molar-refractivity contribution in [1.29, 1.82) is 0 Å². The van der Waals surface area contributed by atoms with E-state index in [1.165, 1.54) is 0 Å². The first-order chi connectivity index (χ1) is 7.52. The monoisotopic (exact) mass is 261 g/mol. The van der Waals surface area contributed by atoms with Gasteiger partial charge in [0.05, 0.1) is 15.8 Å². The Morgan fingerprint density at radius 3 is 2.81 bits per heavy atom. The lowest BCUT2D eigenvalue weighted by atomic mass is 10.1. The highest BCUT2D eigenvalue weighted by Gasteiger charge is 2.07. The van der Waals surface area contributed by atoms with Crippen LogP contribution in [-0.4, -0.2) is 23.4 Å². The molecule has 0 saturated carbocycles. The maximum atomic E-state index is 10.2. The molecule has 0 radical (unpaired) electrons. The predicted octanol–water partition coefficient (Wildman–Crippen LogP) is 2.82. The van der Waals surface area contributed by atoms with Gasteiger partial charge in [0.1, 0.15) is 0 Å². The van der Waals surface area contributed by atoms with Crippen LogP contribution in [0.25, 0.3) is 0 Å². The van der Waals surface area contributed by atoms with Crippen molar-refractivity contribution in [2.24, 2.45) is 5.16 Å². The molecule has 0 aliphatic rings. The van der Waals surface area contributed by atoms with Crippen molar-refractivity contribution in [2.45, 2.75) is 6.92 Å². The van der Waals surface area contributed by atoms with E-state index in [1.54, 1.807) is 25.1 Å².